The van der Waals surface area contributed by atoms with Crippen molar-refractivity contribution in [3.63, 3.8) is 0 Å². The number of aromatic nitrogens is 1. The zero-order valence-electron chi connectivity index (χ0n) is 13.4. The molecular formula is C16H26N4O2. The van der Waals surface area contributed by atoms with Crippen LogP contribution in [0.5, 0.6) is 0 Å². The van der Waals surface area contributed by atoms with Gasteiger partial charge < -0.3 is 15.4 Å². The Hall–Kier alpha value is -1.66. The van der Waals surface area contributed by atoms with E-state index in [1.807, 2.05) is 25.1 Å². The Morgan fingerprint density at radius 2 is 2.41 bits per heavy atom. The van der Waals surface area contributed by atoms with Crippen molar-refractivity contribution < 1.29 is 9.53 Å². The summed E-state index contributed by atoms with van der Waals surface area (Å²) in [5, 5.41) is 6.30. The minimum absolute atomic E-state index is 0.0571. The standard InChI is InChI=1S/C16H26N4O2/c1-13(12-22-2)19-16(21)11-20-8-6-14(10-20)9-18-15-5-3-4-7-17-15/h3-5,7,13-14H,6,8-12H2,1-2H3,(H,17,18)(H,19,21)/t13-,14-/m0/s1. The Kier molecular flexibility index (Phi) is 6.61. The van der Waals surface area contributed by atoms with E-state index in [1.54, 1.807) is 13.3 Å². The third-order valence-corrected chi connectivity index (χ3v) is 3.80. The van der Waals surface area contributed by atoms with E-state index in [9.17, 15) is 4.79 Å². The van der Waals surface area contributed by atoms with Crippen LogP contribution in [0.25, 0.3) is 0 Å². The fourth-order valence-corrected chi connectivity index (χ4v) is 2.75. The first-order valence-corrected chi connectivity index (χ1v) is 7.83. The van der Waals surface area contributed by atoms with Crippen molar-refractivity contribution in [2.45, 2.75) is 19.4 Å². The number of nitrogens with one attached hydrogen (secondary N) is 2. The van der Waals surface area contributed by atoms with Crippen LogP contribution < -0.4 is 10.6 Å². The van der Waals surface area contributed by atoms with Gasteiger partial charge in [0.1, 0.15) is 5.82 Å². The molecule has 0 bridgehead atoms. The number of nitrogens with zero attached hydrogens (tertiary/aromatic N) is 2. The van der Waals surface area contributed by atoms with Crippen molar-refractivity contribution in [3.8, 4) is 0 Å². The Balaban J connectivity index is 1.66. The van der Waals surface area contributed by atoms with Gasteiger partial charge in [0.15, 0.2) is 0 Å². The molecule has 0 unspecified atom stereocenters. The van der Waals surface area contributed by atoms with Gasteiger partial charge in [-0.05, 0) is 37.9 Å². The van der Waals surface area contributed by atoms with Crippen molar-refractivity contribution in [3.05, 3.63) is 24.4 Å². The van der Waals surface area contributed by atoms with E-state index in [4.69, 9.17) is 4.74 Å². The van der Waals surface area contributed by atoms with Gasteiger partial charge in [-0.25, -0.2) is 4.98 Å². The highest BCUT2D eigenvalue weighted by Gasteiger charge is 2.24. The van der Waals surface area contributed by atoms with Gasteiger partial charge in [-0.1, -0.05) is 6.07 Å². The number of hydrogen-bond acceptors (Lipinski definition) is 5. The number of ether oxygens (including phenoxy) is 1. The third-order valence-electron chi connectivity index (χ3n) is 3.80. The summed E-state index contributed by atoms with van der Waals surface area (Å²) in [4.78, 5) is 18.4. The van der Waals surface area contributed by atoms with E-state index in [2.05, 4.69) is 20.5 Å². The lowest BCUT2D eigenvalue weighted by Gasteiger charge is -2.18. The minimum atomic E-state index is 0.0571. The van der Waals surface area contributed by atoms with Crippen LogP contribution in [-0.2, 0) is 9.53 Å². The summed E-state index contributed by atoms with van der Waals surface area (Å²) in [5.74, 6) is 1.54. The normalized spacial score (nSPS) is 19.8. The quantitative estimate of drug-likeness (QED) is 0.749. The zero-order valence-corrected chi connectivity index (χ0v) is 13.4. The molecule has 2 heterocycles. The molecule has 2 rings (SSSR count). The molecule has 1 saturated heterocycles. The lowest BCUT2D eigenvalue weighted by atomic mass is 10.1. The summed E-state index contributed by atoms with van der Waals surface area (Å²) < 4.78 is 5.02. The number of anilines is 1. The molecule has 0 aliphatic carbocycles. The average molecular weight is 306 g/mol. The SMILES string of the molecule is COC[C@H](C)NC(=O)CN1CC[C@@H](CNc2ccccn2)C1. The first-order chi connectivity index (χ1) is 10.7. The van der Waals surface area contributed by atoms with E-state index >= 15 is 0 Å². The average Bonchev–Trinajstić information content (AvgIpc) is 2.93. The first-order valence-electron chi connectivity index (χ1n) is 7.83. The number of carbonyl (C=O) groups is 1. The van der Waals surface area contributed by atoms with E-state index < -0.39 is 0 Å². The van der Waals surface area contributed by atoms with Gasteiger partial charge in [-0.2, -0.15) is 0 Å². The molecule has 1 amide bonds. The van der Waals surface area contributed by atoms with E-state index in [-0.39, 0.29) is 11.9 Å². The minimum Gasteiger partial charge on any atom is -0.383 e. The molecule has 22 heavy (non-hydrogen) atoms. The highest BCUT2D eigenvalue weighted by molar-refractivity contribution is 5.78. The molecule has 2 atom stereocenters. The Morgan fingerprint density at radius 1 is 1.55 bits per heavy atom. The number of rotatable bonds is 8. The van der Waals surface area contributed by atoms with Gasteiger partial charge in [0.2, 0.25) is 5.91 Å². The smallest absolute Gasteiger partial charge is 0.234 e. The van der Waals surface area contributed by atoms with Crippen molar-refractivity contribution in [1.29, 1.82) is 0 Å². The molecule has 1 aliphatic heterocycles. The van der Waals surface area contributed by atoms with Gasteiger partial charge in [0.05, 0.1) is 13.2 Å². The van der Waals surface area contributed by atoms with Gasteiger partial charge in [0.25, 0.3) is 0 Å². The zero-order chi connectivity index (χ0) is 15.8. The molecule has 0 saturated carbocycles. The second-order valence-corrected chi connectivity index (χ2v) is 5.91. The summed E-state index contributed by atoms with van der Waals surface area (Å²) >= 11 is 0. The van der Waals surface area contributed by atoms with Crippen molar-refractivity contribution in [2.75, 3.05) is 45.2 Å². The molecule has 2 N–H and O–H groups in total. The fraction of sp³-hybridized carbons (Fsp3) is 0.625. The molecule has 0 radical (unpaired) electrons. The van der Waals surface area contributed by atoms with Crippen LogP contribution >= 0.6 is 0 Å². The highest BCUT2D eigenvalue weighted by atomic mass is 16.5. The third kappa shape index (κ3) is 5.61. The van der Waals surface area contributed by atoms with Gasteiger partial charge in [-0.15, -0.1) is 0 Å². The predicted molar refractivity (Wildman–Crippen MR) is 86.8 cm³/mol. The lowest BCUT2D eigenvalue weighted by molar-refractivity contribution is -0.123. The molecule has 6 nitrogen and oxygen atoms in total. The number of pyridine rings is 1. The fourth-order valence-electron chi connectivity index (χ4n) is 2.75. The van der Waals surface area contributed by atoms with Crippen LogP contribution in [0.2, 0.25) is 0 Å². The van der Waals surface area contributed by atoms with Crippen LogP contribution in [0.15, 0.2) is 24.4 Å². The molecule has 122 valence electrons. The molecule has 1 aromatic heterocycles. The molecule has 1 aromatic rings. The highest BCUT2D eigenvalue weighted by Crippen LogP contribution is 2.16. The Morgan fingerprint density at radius 3 is 3.14 bits per heavy atom. The maximum atomic E-state index is 11.9. The second kappa shape index (κ2) is 8.70. The summed E-state index contributed by atoms with van der Waals surface area (Å²) in [5.41, 5.74) is 0. The summed E-state index contributed by atoms with van der Waals surface area (Å²) in [7, 11) is 1.64. The van der Waals surface area contributed by atoms with Gasteiger partial charge in [0, 0.05) is 32.4 Å². The van der Waals surface area contributed by atoms with Crippen molar-refractivity contribution in [1.82, 2.24) is 15.2 Å². The molecule has 0 aromatic carbocycles. The largest absolute Gasteiger partial charge is 0.383 e. The van der Waals surface area contributed by atoms with Crippen molar-refractivity contribution >= 4 is 11.7 Å². The van der Waals surface area contributed by atoms with Crippen LogP contribution in [0, 0.1) is 5.92 Å². The maximum absolute atomic E-state index is 11.9. The number of carbonyl (C=O) groups excluding carboxylic acids is 1. The van der Waals surface area contributed by atoms with Gasteiger partial charge in [-0.3, -0.25) is 9.69 Å². The first kappa shape index (κ1) is 16.7. The summed E-state index contributed by atoms with van der Waals surface area (Å²) in [6.07, 6.45) is 2.90. The van der Waals surface area contributed by atoms with Crippen LogP contribution in [-0.4, -0.2) is 61.7 Å². The summed E-state index contributed by atoms with van der Waals surface area (Å²) in [6.45, 7) is 5.78. The topological polar surface area (TPSA) is 66.5 Å². The van der Waals surface area contributed by atoms with E-state index in [1.165, 1.54) is 0 Å². The predicted octanol–water partition coefficient (Wildman–Crippen LogP) is 0.967. The number of likely N-dealkylation sites (tertiary alicyclic amines) is 1. The number of methoxy groups -OCH3 is 1. The lowest BCUT2D eigenvalue weighted by Crippen LogP contribution is -2.42. The monoisotopic (exact) mass is 306 g/mol. The molecule has 1 fully saturated rings. The van der Waals surface area contributed by atoms with Crippen molar-refractivity contribution in [2.24, 2.45) is 5.92 Å². The van der Waals surface area contributed by atoms with E-state index in [0.29, 0.717) is 19.1 Å². The Bertz CT molecular complexity index is 455. The number of amides is 1. The second-order valence-electron chi connectivity index (χ2n) is 5.91. The molecule has 0 spiro atoms. The summed E-state index contributed by atoms with van der Waals surface area (Å²) in [6, 6.07) is 5.91. The molecule has 1 aliphatic rings. The van der Waals surface area contributed by atoms with Gasteiger partial charge >= 0.3 is 0 Å². The molecule has 6 heteroatoms. The van der Waals surface area contributed by atoms with Crippen LogP contribution in [0.1, 0.15) is 13.3 Å². The van der Waals surface area contributed by atoms with E-state index in [0.717, 1.165) is 31.9 Å². The van der Waals surface area contributed by atoms with Crippen LogP contribution in [0.3, 0.4) is 0 Å². The number of hydrogen-bond donors (Lipinski definition) is 2. The van der Waals surface area contributed by atoms with Crippen LogP contribution in [0.4, 0.5) is 5.82 Å². The Labute approximate surface area is 132 Å². The maximum Gasteiger partial charge on any atom is 0.234 e. The molecular weight excluding hydrogens is 280 g/mol.